The first-order chi connectivity index (χ1) is 13.4. The predicted octanol–water partition coefficient (Wildman–Crippen LogP) is -0.0704. The number of ether oxygens (including phenoxy) is 1. The second-order valence-electron chi connectivity index (χ2n) is 7.01. The largest absolute Gasteiger partial charge is 0.490 e. The van der Waals surface area contributed by atoms with E-state index in [1.54, 1.807) is 11.9 Å². The van der Waals surface area contributed by atoms with Crippen molar-refractivity contribution in [2.45, 2.75) is 17.8 Å². The normalized spacial score (nSPS) is 21.0. The molecule has 2 aliphatic rings. The van der Waals surface area contributed by atoms with E-state index in [1.165, 1.54) is 0 Å². The van der Waals surface area contributed by atoms with E-state index < -0.39 is 12.1 Å². The van der Waals surface area contributed by atoms with Crippen molar-refractivity contribution in [1.82, 2.24) is 19.7 Å². The molecular formula is C17H23F3N4O5. The van der Waals surface area contributed by atoms with Crippen LogP contribution in [0.2, 0.25) is 0 Å². The Morgan fingerprint density at radius 1 is 1.24 bits per heavy atom. The second-order valence-corrected chi connectivity index (χ2v) is 7.01. The highest BCUT2D eigenvalue weighted by Crippen LogP contribution is 2.31. The Morgan fingerprint density at radius 2 is 1.83 bits per heavy atom. The van der Waals surface area contributed by atoms with E-state index in [1.807, 2.05) is 41.9 Å². The summed E-state index contributed by atoms with van der Waals surface area (Å²) in [4.78, 5) is 36.9. The van der Waals surface area contributed by atoms with Gasteiger partial charge in [-0.15, -0.1) is 0 Å². The molecule has 0 saturated carbocycles. The van der Waals surface area contributed by atoms with Crippen LogP contribution < -0.4 is 5.32 Å². The molecule has 1 atom stereocenters. The zero-order chi connectivity index (χ0) is 22.0. The Bertz CT molecular complexity index is 773. The summed E-state index contributed by atoms with van der Waals surface area (Å²) in [6, 6.07) is 3.43. The number of carboxylic acid groups (broad SMARTS) is 1. The predicted molar refractivity (Wildman–Crippen MR) is 94.2 cm³/mol. The highest BCUT2D eigenvalue weighted by Gasteiger charge is 2.51. The number of halogens is 3. The van der Waals surface area contributed by atoms with Gasteiger partial charge in [0.15, 0.2) is 0 Å². The minimum Gasteiger partial charge on any atom is -0.475 e. The van der Waals surface area contributed by atoms with Gasteiger partial charge < -0.3 is 24.6 Å². The molecule has 1 aromatic rings. The second kappa shape index (κ2) is 8.41. The van der Waals surface area contributed by atoms with Crippen molar-refractivity contribution in [2.75, 3.05) is 40.3 Å². The topological polar surface area (TPSA) is 104 Å². The van der Waals surface area contributed by atoms with Crippen molar-refractivity contribution in [2.24, 2.45) is 7.05 Å². The van der Waals surface area contributed by atoms with Gasteiger partial charge in [-0.2, -0.15) is 13.2 Å². The third-order valence-corrected chi connectivity index (χ3v) is 4.82. The van der Waals surface area contributed by atoms with Gasteiger partial charge in [-0.3, -0.25) is 14.5 Å². The summed E-state index contributed by atoms with van der Waals surface area (Å²) < 4.78 is 39.5. The van der Waals surface area contributed by atoms with Crippen molar-refractivity contribution < 1.29 is 37.4 Å². The molecule has 3 heterocycles. The third kappa shape index (κ3) is 5.07. The maximum absolute atomic E-state index is 12.4. The van der Waals surface area contributed by atoms with E-state index in [0.717, 1.165) is 0 Å². The Hall–Kier alpha value is -2.60. The van der Waals surface area contributed by atoms with E-state index in [-0.39, 0.29) is 23.5 Å². The summed E-state index contributed by atoms with van der Waals surface area (Å²) in [5.41, 5.74) is 0.349. The number of carbonyl (C=O) groups is 3. The highest BCUT2D eigenvalue weighted by molar-refractivity contribution is 5.93. The molecule has 2 fully saturated rings. The number of aromatic nitrogens is 1. The Labute approximate surface area is 165 Å². The van der Waals surface area contributed by atoms with Gasteiger partial charge in [-0.05, 0) is 19.2 Å². The molecule has 9 nitrogen and oxygen atoms in total. The number of amides is 2. The maximum Gasteiger partial charge on any atom is 0.490 e. The number of hydrogen-bond donors (Lipinski definition) is 2. The summed E-state index contributed by atoms with van der Waals surface area (Å²) in [5, 5.41) is 9.78. The average Bonchev–Trinajstić information content (AvgIpc) is 3.04. The molecule has 0 bridgehead atoms. The molecule has 1 aromatic heterocycles. The van der Waals surface area contributed by atoms with Crippen molar-refractivity contribution in [3.8, 4) is 0 Å². The fourth-order valence-corrected chi connectivity index (χ4v) is 3.27. The molecule has 1 unspecified atom stereocenters. The number of nitrogens with one attached hydrogen (secondary N) is 1. The number of likely N-dealkylation sites (N-methyl/N-ethyl adjacent to an activating group) is 2. The van der Waals surface area contributed by atoms with Crippen molar-refractivity contribution in [3.63, 3.8) is 0 Å². The number of hydrogen-bond acceptors (Lipinski definition) is 5. The van der Waals surface area contributed by atoms with Gasteiger partial charge in [0.05, 0.1) is 19.7 Å². The lowest BCUT2D eigenvalue weighted by Crippen LogP contribution is -2.73. The number of carbonyl (C=O) groups excluding carboxylic acids is 2. The van der Waals surface area contributed by atoms with Crippen molar-refractivity contribution >= 4 is 17.8 Å². The van der Waals surface area contributed by atoms with Crippen molar-refractivity contribution in [1.29, 1.82) is 0 Å². The summed E-state index contributed by atoms with van der Waals surface area (Å²) in [7, 11) is 5.41. The number of aryl methyl sites for hydroxylation is 1. The number of nitrogens with zero attached hydrogens (tertiary/aromatic N) is 3. The molecule has 0 aliphatic carbocycles. The highest BCUT2D eigenvalue weighted by atomic mass is 19.4. The molecular weight excluding hydrogens is 397 g/mol. The van der Waals surface area contributed by atoms with Gasteiger partial charge in [0.25, 0.3) is 5.91 Å². The van der Waals surface area contributed by atoms with Crippen LogP contribution in [0.3, 0.4) is 0 Å². The quantitative estimate of drug-likeness (QED) is 0.694. The lowest BCUT2D eigenvalue weighted by Gasteiger charge is -2.54. The number of aliphatic carboxylic acids is 1. The smallest absolute Gasteiger partial charge is 0.475 e. The third-order valence-electron chi connectivity index (χ3n) is 4.82. The number of alkyl halides is 3. The van der Waals surface area contributed by atoms with Gasteiger partial charge in [0.1, 0.15) is 17.3 Å². The van der Waals surface area contributed by atoms with Gasteiger partial charge in [0.2, 0.25) is 5.91 Å². The number of likely N-dealkylation sites (tertiary alicyclic amines) is 1. The lowest BCUT2D eigenvalue weighted by atomic mass is 9.90. The minimum absolute atomic E-state index is 0.0257. The molecule has 162 valence electrons. The van der Waals surface area contributed by atoms with Gasteiger partial charge in [-0.25, -0.2) is 4.79 Å². The van der Waals surface area contributed by atoms with Crippen molar-refractivity contribution in [3.05, 3.63) is 24.0 Å². The van der Waals surface area contributed by atoms with E-state index in [2.05, 4.69) is 5.32 Å². The molecule has 1 spiro atoms. The van der Waals surface area contributed by atoms with Crippen LogP contribution in [-0.4, -0.2) is 95.4 Å². The van der Waals surface area contributed by atoms with Crippen LogP contribution in [0.15, 0.2) is 18.3 Å². The molecule has 2 amide bonds. The zero-order valence-electron chi connectivity index (χ0n) is 16.2. The van der Waals surface area contributed by atoms with E-state index in [9.17, 15) is 22.8 Å². The Balaban J connectivity index is 0.000000370. The molecule has 0 aromatic carbocycles. The molecule has 2 aliphatic heterocycles. The Kier molecular flexibility index (Phi) is 6.58. The van der Waals surface area contributed by atoms with Crippen LogP contribution in [0.25, 0.3) is 0 Å². The lowest BCUT2D eigenvalue weighted by molar-refractivity contribution is -0.192. The molecule has 3 rings (SSSR count). The first-order valence-corrected chi connectivity index (χ1v) is 8.67. The standard InChI is InChI=1S/C15H22N4O3.C2HF3O2/c1-16-13(20)12-7-22-15(8-18(12)3)9-19(10-15)14(21)11-5-4-6-17(11)2;3-2(4,5)1(6)7/h4-6,12H,7-10H2,1-3H3,(H,16,20);(H,6,7). The monoisotopic (exact) mass is 420 g/mol. The van der Waals surface area contributed by atoms with Crippen LogP contribution in [-0.2, 0) is 21.4 Å². The van der Waals surface area contributed by atoms with E-state index in [0.29, 0.717) is 31.9 Å². The minimum atomic E-state index is -5.08. The summed E-state index contributed by atoms with van der Waals surface area (Å²) >= 11 is 0. The molecule has 2 saturated heterocycles. The first kappa shape index (κ1) is 22.7. The summed E-state index contributed by atoms with van der Waals surface area (Å²) in [6.07, 6.45) is -3.22. The maximum atomic E-state index is 12.4. The molecule has 2 N–H and O–H groups in total. The first-order valence-electron chi connectivity index (χ1n) is 8.67. The number of carboxylic acids is 1. The SMILES string of the molecule is CNC(=O)C1COC2(CN(C(=O)c3cccn3C)C2)CN1C.O=C(O)C(F)(F)F. The molecule has 0 radical (unpaired) electrons. The van der Waals surface area contributed by atoms with E-state index >= 15 is 0 Å². The fraction of sp³-hybridized carbons (Fsp3) is 0.588. The number of rotatable bonds is 2. The summed E-state index contributed by atoms with van der Waals surface area (Å²) in [5.74, 6) is -2.77. The average molecular weight is 420 g/mol. The van der Waals surface area contributed by atoms with Crippen LogP contribution in [0, 0.1) is 0 Å². The van der Waals surface area contributed by atoms with Crippen LogP contribution in [0.5, 0.6) is 0 Å². The molecule has 29 heavy (non-hydrogen) atoms. The van der Waals surface area contributed by atoms with Gasteiger partial charge in [0, 0.05) is 26.8 Å². The number of morpholine rings is 1. The fourth-order valence-electron chi connectivity index (χ4n) is 3.27. The van der Waals surface area contributed by atoms with Crippen LogP contribution in [0.4, 0.5) is 13.2 Å². The Morgan fingerprint density at radius 3 is 2.24 bits per heavy atom. The van der Waals surface area contributed by atoms with E-state index in [4.69, 9.17) is 14.6 Å². The van der Waals surface area contributed by atoms with Crippen LogP contribution >= 0.6 is 0 Å². The zero-order valence-corrected chi connectivity index (χ0v) is 16.2. The molecule has 12 heteroatoms. The van der Waals surface area contributed by atoms with Gasteiger partial charge in [-0.1, -0.05) is 0 Å². The van der Waals surface area contributed by atoms with Crippen LogP contribution in [0.1, 0.15) is 10.5 Å². The van der Waals surface area contributed by atoms with Gasteiger partial charge >= 0.3 is 12.1 Å². The summed E-state index contributed by atoms with van der Waals surface area (Å²) in [6.45, 7) is 2.16.